The first-order chi connectivity index (χ1) is 10.2. The average Bonchev–Trinajstić information content (AvgIpc) is 3.02. The van der Waals surface area contributed by atoms with Crippen LogP contribution in [0.4, 0.5) is 5.69 Å². The van der Waals surface area contributed by atoms with Crippen molar-refractivity contribution < 1.29 is 9.21 Å². The molecule has 0 spiro atoms. The maximum absolute atomic E-state index is 12.1. The number of aromatic nitrogens is 3. The largest absolute Gasteiger partial charge is 0.423 e. The number of amides is 1. The molecule has 0 bridgehead atoms. The molecule has 1 N–H and O–H groups in total. The molecule has 3 rings (SSSR count). The summed E-state index contributed by atoms with van der Waals surface area (Å²) in [5, 5.41) is 10.5. The highest BCUT2D eigenvalue weighted by molar-refractivity contribution is 6.29. The fourth-order valence-electron chi connectivity index (χ4n) is 1.74. The number of anilines is 1. The lowest BCUT2D eigenvalue weighted by atomic mass is 10.2. The Hall–Kier alpha value is -2.73. The Morgan fingerprint density at radius 1 is 1.24 bits per heavy atom. The van der Waals surface area contributed by atoms with Crippen LogP contribution in [0.15, 0.2) is 53.4 Å². The summed E-state index contributed by atoms with van der Waals surface area (Å²) in [5.74, 6) is 0.112. The van der Waals surface area contributed by atoms with Gasteiger partial charge in [0.05, 0.1) is 5.56 Å². The maximum Gasteiger partial charge on any atom is 0.257 e. The third kappa shape index (κ3) is 3.06. The lowest BCUT2D eigenvalue weighted by molar-refractivity contribution is 0.102. The first-order valence-electron chi connectivity index (χ1n) is 6.02. The monoisotopic (exact) mass is 300 g/mol. The Balaban J connectivity index is 1.80. The van der Waals surface area contributed by atoms with Crippen molar-refractivity contribution in [3.8, 4) is 11.5 Å². The molecule has 0 unspecified atom stereocenters. The number of nitrogens with one attached hydrogen (secondary N) is 1. The summed E-state index contributed by atoms with van der Waals surface area (Å²) in [6.45, 7) is 0. The van der Waals surface area contributed by atoms with Crippen LogP contribution in [0.3, 0.4) is 0 Å². The predicted octanol–water partition coefficient (Wildman–Crippen LogP) is 3.04. The quantitative estimate of drug-likeness (QED) is 0.752. The smallest absolute Gasteiger partial charge is 0.257 e. The van der Waals surface area contributed by atoms with E-state index < -0.39 is 0 Å². The van der Waals surface area contributed by atoms with Crippen molar-refractivity contribution in [2.24, 2.45) is 0 Å². The minimum absolute atomic E-state index is 0.276. The molecule has 0 fully saturated rings. The molecule has 1 amide bonds. The van der Waals surface area contributed by atoms with Gasteiger partial charge in [-0.05, 0) is 30.3 Å². The van der Waals surface area contributed by atoms with Crippen LogP contribution in [0.5, 0.6) is 0 Å². The Labute approximate surface area is 124 Å². The van der Waals surface area contributed by atoms with E-state index in [2.05, 4.69) is 20.5 Å². The Bertz CT molecular complexity index is 757. The minimum atomic E-state index is -0.276. The lowest BCUT2D eigenvalue weighted by Crippen LogP contribution is -2.12. The van der Waals surface area contributed by atoms with Gasteiger partial charge in [0.2, 0.25) is 12.3 Å². The number of benzene rings is 1. The van der Waals surface area contributed by atoms with Crippen LogP contribution in [0.2, 0.25) is 5.15 Å². The van der Waals surface area contributed by atoms with Crippen LogP contribution < -0.4 is 5.32 Å². The number of nitrogens with zero attached hydrogens (tertiary/aromatic N) is 3. The van der Waals surface area contributed by atoms with Crippen LogP contribution in [-0.2, 0) is 0 Å². The van der Waals surface area contributed by atoms with Crippen LogP contribution in [0, 0.1) is 0 Å². The van der Waals surface area contributed by atoms with Gasteiger partial charge >= 0.3 is 0 Å². The molecule has 0 saturated heterocycles. The second-order valence-corrected chi connectivity index (χ2v) is 4.54. The highest BCUT2D eigenvalue weighted by atomic mass is 35.5. The van der Waals surface area contributed by atoms with Crippen molar-refractivity contribution in [2.45, 2.75) is 0 Å². The van der Waals surface area contributed by atoms with Gasteiger partial charge in [0.25, 0.3) is 5.91 Å². The van der Waals surface area contributed by atoms with E-state index in [1.54, 1.807) is 30.3 Å². The first-order valence-corrected chi connectivity index (χ1v) is 6.40. The zero-order valence-electron chi connectivity index (χ0n) is 10.7. The molecule has 21 heavy (non-hydrogen) atoms. The summed E-state index contributed by atoms with van der Waals surface area (Å²) >= 11 is 5.69. The number of rotatable bonds is 3. The number of hydrogen-bond donors (Lipinski definition) is 1. The highest BCUT2D eigenvalue weighted by Crippen LogP contribution is 2.20. The molecule has 1 aromatic carbocycles. The summed E-state index contributed by atoms with van der Waals surface area (Å²) < 4.78 is 5.12. The van der Waals surface area contributed by atoms with Crippen LogP contribution in [-0.4, -0.2) is 21.1 Å². The van der Waals surface area contributed by atoms with Crippen LogP contribution in [0.1, 0.15) is 10.4 Å². The molecule has 7 heteroatoms. The summed E-state index contributed by atoms with van der Waals surface area (Å²) in [6.07, 6.45) is 2.67. The molecule has 0 radical (unpaired) electrons. The van der Waals surface area contributed by atoms with Gasteiger partial charge in [-0.3, -0.25) is 4.79 Å². The van der Waals surface area contributed by atoms with Crippen molar-refractivity contribution in [3.05, 3.63) is 59.7 Å². The van der Waals surface area contributed by atoms with Gasteiger partial charge in [0.15, 0.2) is 0 Å². The van der Waals surface area contributed by atoms with Crippen LogP contribution >= 0.6 is 11.6 Å². The molecule has 104 valence electrons. The summed E-state index contributed by atoms with van der Waals surface area (Å²) in [5.41, 5.74) is 1.76. The van der Waals surface area contributed by atoms with Gasteiger partial charge in [-0.25, -0.2) is 4.98 Å². The molecule has 0 aliphatic carbocycles. The Morgan fingerprint density at radius 3 is 2.86 bits per heavy atom. The van der Waals surface area contributed by atoms with Crippen LogP contribution in [0.25, 0.3) is 11.5 Å². The molecule has 3 aromatic rings. The number of halogens is 1. The molecule has 2 heterocycles. The van der Waals surface area contributed by atoms with Gasteiger partial charge in [-0.15, -0.1) is 10.2 Å². The molecule has 0 saturated carbocycles. The molecule has 0 aliphatic rings. The van der Waals surface area contributed by atoms with E-state index in [1.165, 1.54) is 12.6 Å². The van der Waals surface area contributed by atoms with Gasteiger partial charge in [0.1, 0.15) is 5.15 Å². The topological polar surface area (TPSA) is 80.9 Å². The van der Waals surface area contributed by atoms with Crippen molar-refractivity contribution in [3.63, 3.8) is 0 Å². The zero-order valence-corrected chi connectivity index (χ0v) is 11.4. The van der Waals surface area contributed by atoms with Crippen molar-refractivity contribution in [1.82, 2.24) is 15.2 Å². The number of hydrogen-bond acceptors (Lipinski definition) is 5. The summed E-state index contributed by atoms with van der Waals surface area (Å²) in [4.78, 5) is 15.9. The normalized spacial score (nSPS) is 10.3. The fraction of sp³-hybridized carbons (Fsp3) is 0. The molecule has 2 aromatic heterocycles. The molecule has 6 nitrogen and oxygen atoms in total. The van der Waals surface area contributed by atoms with Crippen molar-refractivity contribution in [1.29, 1.82) is 0 Å². The van der Waals surface area contributed by atoms with Crippen molar-refractivity contribution >= 4 is 23.2 Å². The highest BCUT2D eigenvalue weighted by Gasteiger charge is 2.09. The molecule has 0 aliphatic heterocycles. The third-order valence-corrected chi connectivity index (χ3v) is 2.94. The van der Waals surface area contributed by atoms with E-state index in [0.717, 1.165) is 5.56 Å². The van der Waals surface area contributed by atoms with Gasteiger partial charge < -0.3 is 9.73 Å². The minimum Gasteiger partial charge on any atom is -0.423 e. The second-order valence-electron chi connectivity index (χ2n) is 4.15. The summed E-state index contributed by atoms with van der Waals surface area (Å²) in [6, 6.07) is 10.3. The van der Waals surface area contributed by atoms with Gasteiger partial charge in [-0.1, -0.05) is 17.7 Å². The Kier molecular flexibility index (Phi) is 3.61. The SMILES string of the molecule is O=C(Nc1cccc(-c2nnco2)c1)c1ccc(Cl)nc1. The fourth-order valence-corrected chi connectivity index (χ4v) is 1.85. The molecule has 0 atom stereocenters. The van der Waals surface area contributed by atoms with Gasteiger partial charge in [-0.2, -0.15) is 0 Å². The summed E-state index contributed by atoms with van der Waals surface area (Å²) in [7, 11) is 0. The first kappa shape index (κ1) is 13.3. The van der Waals surface area contributed by atoms with E-state index in [0.29, 0.717) is 22.3 Å². The standard InChI is InChI=1S/C14H9ClN4O2/c15-12-5-4-10(7-16-12)13(20)18-11-3-1-2-9(6-11)14-19-17-8-21-14/h1-8H,(H,18,20). The predicted molar refractivity (Wildman–Crippen MR) is 76.9 cm³/mol. The second kappa shape index (κ2) is 5.72. The van der Waals surface area contributed by atoms with E-state index in [-0.39, 0.29) is 5.91 Å². The van der Waals surface area contributed by atoms with Gasteiger partial charge in [0, 0.05) is 17.4 Å². The van der Waals surface area contributed by atoms with E-state index in [1.807, 2.05) is 6.07 Å². The van der Waals surface area contributed by atoms with Crippen molar-refractivity contribution in [2.75, 3.05) is 5.32 Å². The zero-order chi connectivity index (χ0) is 14.7. The maximum atomic E-state index is 12.1. The molecular weight excluding hydrogens is 292 g/mol. The Morgan fingerprint density at radius 2 is 2.14 bits per heavy atom. The van der Waals surface area contributed by atoms with E-state index >= 15 is 0 Å². The van der Waals surface area contributed by atoms with E-state index in [9.17, 15) is 4.79 Å². The van der Waals surface area contributed by atoms with E-state index in [4.69, 9.17) is 16.0 Å². The third-order valence-electron chi connectivity index (χ3n) is 2.72. The molecular formula is C14H9ClN4O2. The number of carbonyl (C=O) groups excluding carboxylic acids is 1. The number of carbonyl (C=O) groups is 1. The average molecular weight is 301 g/mol. The number of pyridine rings is 1. The lowest BCUT2D eigenvalue weighted by Gasteiger charge is -2.06.